The summed E-state index contributed by atoms with van der Waals surface area (Å²) in [4.78, 5) is 11.2. The minimum atomic E-state index is -0.965. The molecule has 2 aromatic rings. The molecule has 0 bridgehead atoms. The van der Waals surface area contributed by atoms with Crippen LogP contribution in [-0.2, 0) is 9.47 Å². The van der Waals surface area contributed by atoms with Crippen LogP contribution in [0.1, 0.15) is 36.1 Å². The molecule has 0 saturated carbocycles. The standard InChI is InChI=1S/C18H17F3O3/c1-3-23-18(24-4-2)13-9-11(19)5-6-12(13)17-14(10-22)15(20)7-8-16(17)21/h5-10,18H,3-4H2,1-2H3. The SMILES string of the molecule is CCOC(OCC)c1cc(F)ccc1-c1c(F)ccc(F)c1C=O. The molecule has 0 fully saturated rings. The average Bonchev–Trinajstić information content (AvgIpc) is 2.57. The van der Waals surface area contributed by atoms with Crippen molar-refractivity contribution in [3.63, 3.8) is 0 Å². The molecule has 0 aliphatic carbocycles. The molecule has 0 aromatic heterocycles. The van der Waals surface area contributed by atoms with Crippen LogP contribution >= 0.6 is 0 Å². The number of hydrogen-bond acceptors (Lipinski definition) is 3. The lowest BCUT2D eigenvalue weighted by Gasteiger charge is -2.21. The minimum absolute atomic E-state index is 0.141. The first-order valence-electron chi connectivity index (χ1n) is 7.49. The molecule has 0 N–H and O–H groups in total. The van der Waals surface area contributed by atoms with Crippen LogP contribution in [0.5, 0.6) is 0 Å². The van der Waals surface area contributed by atoms with Crippen LogP contribution in [-0.4, -0.2) is 19.5 Å². The van der Waals surface area contributed by atoms with Gasteiger partial charge in [-0.2, -0.15) is 0 Å². The van der Waals surface area contributed by atoms with E-state index in [1.807, 2.05) is 0 Å². The number of carbonyl (C=O) groups is 1. The molecule has 2 rings (SSSR count). The third-order valence-corrected chi connectivity index (χ3v) is 3.43. The predicted octanol–water partition coefficient (Wildman–Crippen LogP) is 4.66. The summed E-state index contributed by atoms with van der Waals surface area (Å²) in [6, 6.07) is 5.30. The van der Waals surface area contributed by atoms with Crippen molar-refractivity contribution in [3.05, 3.63) is 58.9 Å². The highest BCUT2D eigenvalue weighted by Crippen LogP contribution is 2.35. The summed E-state index contributed by atoms with van der Waals surface area (Å²) in [5, 5.41) is 0. The van der Waals surface area contributed by atoms with Gasteiger partial charge in [-0.1, -0.05) is 6.07 Å². The Balaban J connectivity index is 2.72. The van der Waals surface area contributed by atoms with Crippen LogP contribution in [0.4, 0.5) is 13.2 Å². The van der Waals surface area contributed by atoms with Gasteiger partial charge in [-0.15, -0.1) is 0 Å². The molecule has 0 atom stereocenters. The monoisotopic (exact) mass is 338 g/mol. The fourth-order valence-electron chi connectivity index (χ4n) is 2.44. The van der Waals surface area contributed by atoms with Crippen molar-refractivity contribution in [1.29, 1.82) is 0 Å². The Morgan fingerprint density at radius 3 is 2.21 bits per heavy atom. The van der Waals surface area contributed by atoms with Crippen molar-refractivity contribution in [2.45, 2.75) is 20.1 Å². The van der Waals surface area contributed by atoms with Gasteiger partial charge in [0.2, 0.25) is 0 Å². The second-order valence-electron chi connectivity index (χ2n) is 4.91. The molecule has 0 radical (unpaired) electrons. The lowest BCUT2D eigenvalue weighted by atomic mass is 9.94. The van der Waals surface area contributed by atoms with Gasteiger partial charge in [0.15, 0.2) is 12.6 Å². The first-order valence-corrected chi connectivity index (χ1v) is 7.49. The highest BCUT2D eigenvalue weighted by atomic mass is 19.1. The molecular formula is C18H17F3O3. The molecule has 0 spiro atoms. The molecule has 0 aliphatic heterocycles. The van der Waals surface area contributed by atoms with Crippen LogP contribution in [0, 0.1) is 17.5 Å². The smallest absolute Gasteiger partial charge is 0.184 e. The summed E-state index contributed by atoms with van der Waals surface area (Å²) in [6.45, 7) is 3.99. The van der Waals surface area contributed by atoms with Crippen LogP contribution < -0.4 is 0 Å². The molecule has 0 saturated heterocycles. The highest BCUT2D eigenvalue weighted by Gasteiger charge is 2.23. The van der Waals surface area contributed by atoms with E-state index in [0.717, 1.165) is 24.3 Å². The normalized spacial score (nSPS) is 11.1. The van der Waals surface area contributed by atoms with E-state index in [1.54, 1.807) is 13.8 Å². The zero-order valence-corrected chi connectivity index (χ0v) is 13.3. The largest absolute Gasteiger partial charge is 0.349 e. The van der Waals surface area contributed by atoms with Gasteiger partial charge >= 0.3 is 0 Å². The Morgan fingerprint density at radius 1 is 1.00 bits per heavy atom. The van der Waals surface area contributed by atoms with E-state index >= 15 is 0 Å². The van der Waals surface area contributed by atoms with Crippen LogP contribution in [0.2, 0.25) is 0 Å². The predicted molar refractivity (Wildman–Crippen MR) is 83.1 cm³/mol. The van der Waals surface area contributed by atoms with Crippen molar-refractivity contribution in [2.75, 3.05) is 13.2 Å². The van der Waals surface area contributed by atoms with Gasteiger partial charge in [0.1, 0.15) is 17.5 Å². The Bertz CT molecular complexity index is 726. The summed E-state index contributed by atoms with van der Waals surface area (Å²) >= 11 is 0. The van der Waals surface area contributed by atoms with E-state index in [-0.39, 0.29) is 36.2 Å². The van der Waals surface area contributed by atoms with E-state index in [1.165, 1.54) is 6.07 Å². The van der Waals surface area contributed by atoms with Crippen molar-refractivity contribution in [1.82, 2.24) is 0 Å². The molecule has 0 aliphatic rings. The van der Waals surface area contributed by atoms with E-state index in [9.17, 15) is 18.0 Å². The third-order valence-electron chi connectivity index (χ3n) is 3.43. The molecule has 0 amide bonds. The number of ether oxygens (including phenoxy) is 2. The Morgan fingerprint density at radius 2 is 1.62 bits per heavy atom. The molecule has 0 unspecified atom stereocenters. The van der Waals surface area contributed by atoms with E-state index < -0.39 is 29.3 Å². The zero-order chi connectivity index (χ0) is 17.7. The van der Waals surface area contributed by atoms with Crippen LogP contribution in [0.25, 0.3) is 11.1 Å². The second kappa shape index (κ2) is 8.08. The summed E-state index contributed by atoms with van der Waals surface area (Å²) < 4.78 is 52.8. The fourth-order valence-corrected chi connectivity index (χ4v) is 2.44. The van der Waals surface area contributed by atoms with Crippen molar-refractivity contribution in [3.8, 4) is 11.1 Å². The van der Waals surface area contributed by atoms with Crippen molar-refractivity contribution in [2.24, 2.45) is 0 Å². The third kappa shape index (κ3) is 3.66. The van der Waals surface area contributed by atoms with Crippen LogP contribution in [0.3, 0.4) is 0 Å². The van der Waals surface area contributed by atoms with Crippen molar-refractivity contribution >= 4 is 6.29 Å². The average molecular weight is 338 g/mol. The molecule has 128 valence electrons. The van der Waals surface area contributed by atoms with E-state index in [2.05, 4.69) is 0 Å². The molecule has 3 nitrogen and oxygen atoms in total. The zero-order valence-electron chi connectivity index (χ0n) is 13.3. The lowest BCUT2D eigenvalue weighted by molar-refractivity contribution is -0.140. The fraction of sp³-hybridized carbons (Fsp3) is 0.278. The molecule has 24 heavy (non-hydrogen) atoms. The molecule has 2 aromatic carbocycles. The highest BCUT2D eigenvalue weighted by molar-refractivity contribution is 5.89. The maximum atomic E-state index is 14.3. The van der Waals surface area contributed by atoms with Gasteiger partial charge in [-0.25, -0.2) is 13.2 Å². The van der Waals surface area contributed by atoms with E-state index in [4.69, 9.17) is 9.47 Å². The molecule has 6 heteroatoms. The van der Waals surface area contributed by atoms with Gasteiger partial charge in [0, 0.05) is 24.3 Å². The quantitative estimate of drug-likeness (QED) is 0.544. The number of benzene rings is 2. The summed E-state index contributed by atoms with van der Waals surface area (Å²) in [5.74, 6) is -2.23. The number of halogens is 3. The number of aldehydes is 1. The summed E-state index contributed by atoms with van der Waals surface area (Å²) in [5.41, 5.74) is -0.354. The van der Waals surface area contributed by atoms with Crippen molar-refractivity contribution < 1.29 is 27.4 Å². The second-order valence-corrected chi connectivity index (χ2v) is 4.91. The summed E-state index contributed by atoms with van der Waals surface area (Å²) in [6.07, 6.45) is -0.732. The van der Waals surface area contributed by atoms with Gasteiger partial charge in [-0.05, 0) is 43.7 Å². The first-order chi connectivity index (χ1) is 11.5. The Kier molecular flexibility index (Phi) is 6.11. The number of rotatable bonds is 7. The lowest BCUT2D eigenvalue weighted by Crippen LogP contribution is -2.11. The maximum Gasteiger partial charge on any atom is 0.184 e. The van der Waals surface area contributed by atoms with Crippen LogP contribution in [0.15, 0.2) is 30.3 Å². The van der Waals surface area contributed by atoms with E-state index in [0.29, 0.717) is 0 Å². The van der Waals surface area contributed by atoms with Gasteiger partial charge in [-0.3, -0.25) is 4.79 Å². The number of carbonyl (C=O) groups excluding carboxylic acids is 1. The minimum Gasteiger partial charge on any atom is -0.349 e. The summed E-state index contributed by atoms with van der Waals surface area (Å²) in [7, 11) is 0. The molecular weight excluding hydrogens is 321 g/mol. The number of hydrogen-bond donors (Lipinski definition) is 0. The van der Waals surface area contributed by atoms with Gasteiger partial charge < -0.3 is 9.47 Å². The Labute approximate surface area is 138 Å². The Hall–Kier alpha value is -2.18. The first kappa shape index (κ1) is 18.2. The maximum absolute atomic E-state index is 14.3. The topological polar surface area (TPSA) is 35.5 Å². The van der Waals surface area contributed by atoms with Gasteiger partial charge in [0.25, 0.3) is 0 Å². The molecule has 0 heterocycles. The van der Waals surface area contributed by atoms with Gasteiger partial charge in [0.05, 0.1) is 5.56 Å².